The van der Waals surface area contributed by atoms with Gasteiger partial charge in [0.05, 0.1) is 0 Å². The van der Waals surface area contributed by atoms with E-state index in [0.29, 0.717) is 0 Å². The van der Waals surface area contributed by atoms with Crippen molar-refractivity contribution < 1.29 is 70.1 Å². The largest absolute Gasteiger partial charge is 0.512 e. The zero-order valence-electron chi connectivity index (χ0n) is 28.7. The van der Waals surface area contributed by atoms with Crippen molar-refractivity contribution in [3.05, 3.63) is 35.5 Å². The second-order valence-corrected chi connectivity index (χ2v) is 16.2. The van der Waals surface area contributed by atoms with Crippen molar-refractivity contribution in [2.24, 2.45) is 32.5 Å². The summed E-state index contributed by atoms with van der Waals surface area (Å²) in [6.45, 7) is 33.3. The van der Waals surface area contributed by atoms with E-state index >= 15 is 0 Å². The van der Waals surface area contributed by atoms with E-state index in [1.165, 1.54) is 18.2 Å². The van der Waals surface area contributed by atoms with Crippen molar-refractivity contribution in [2.75, 3.05) is 0 Å². The van der Waals surface area contributed by atoms with Gasteiger partial charge in [-0.15, -0.1) is 0 Å². The zero-order valence-corrected chi connectivity index (χ0v) is 31.3. The maximum Gasteiger partial charge on any atom is 0.164 e. The monoisotopic (exact) mass is 704 g/mol. The Morgan fingerprint density at radius 2 is 0.475 bits per heavy atom. The minimum Gasteiger partial charge on any atom is -0.512 e. The molecule has 0 amide bonds. The summed E-state index contributed by atoms with van der Waals surface area (Å²) in [6, 6.07) is 0. The summed E-state index contributed by atoms with van der Waals surface area (Å²) in [6.07, 6.45) is 4.00. The molecule has 0 aliphatic rings. The molecule has 0 aliphatic heterocycles. The molecule has 0 saturated carbocycles. The van der Waals surface area contributed by atoms with Gasteiger partial charge in [-0.3, -0.25) is 14.4 Å². The number of ketones is 3. The molecule has 0 unspecified atom stereocenters. The van der Waals surface area contributed by atoms with Gasteiger partial charge in [0.25, 0.3) is 0 Å². The minimum atomic E-state index is -0.417. The molecule has 0 bridgehead atoms. The van der Waals surface area contributed by atoms with E-state index < -0.39 is 16.2 Å². The smallest absolute Gasteiger partial charge is 0.164 e. The van der Waals surface area contributed by atoms with Crippen LogP contribution in [0.15, 0.2) is 35.5 Å². The molecule has 6 nitrogen and oxygen atoms in total. The first-order chi connectivity index (χ1) is 16.6. The third-order valence-electron chi connectivity index (χ3n) is 5.33. The van der Waals surface area contributed by atoms with Gasteiger partial charge < -0.3 is 15.3 Å². The van der Waals surface area contributed by atoms with E-state index in [-0.39, 0.29) is 91.3 Å². The number of allylic oxidation sites excluding steroid dienone is 6. The molecule has 0 saturated heterocycles. The summed E-state index contributed by atoms with van der Waals surface area (Å²) < 4.78 is 0. The first-order valence-corrected chi connectivity index (χ1v) is 13.5. The van der Waals surface area contributed by atoms with Crippen LogP contribution in [-0.4, -0.2) is 32.7 Å². The molecule has 0 aliphatic carbocycles. The van der Waals surface area contributed by atoms with Crippen LogP contribution >= 0.6 is 0 Å². The number of carbonyl (C=O) groups is 3. The van der Waals surface area contributed by atoms with Gasteiger partial charge in [-0.05, 0) is 0 Å². The van der Waals surface area contributed by atoms with Crippen LogP contribution < -0.4 is 0 Å². The van der Waals surface area contributed by atoms with E-state index in [2.05, 4.69) is 0 Å². The van der Waals surface area contributed by atoms with E-state index in [1.54, 1.807) is 0 Å². The van der Waals surface area contributed by atoms with Gasteiger partial charge in [-0.2, -0.15) is 0 Å². The van der Waals surface area contributed by atoms with Gasteiger partial charge in [0.2, 0.25) is 0 Å². The van der Waals surface area contributed by atoms with Crippen LogP contribution in [0.3, 0.4) is 0 Å². The quantitative estimate of drug-likeness (QED) is 0.200. The summed E-state index contributed by atoms with van der Waals surface area (Å²) in [7, 11) is 0. The summed E-state index contributed by atoms with van der Waals surface area (Å²) >= 11 is 0. The fourth-order valence-electron chi connectivity index (χ4n) is 1.67. The molecule has 0 radical (unpaired) electrons. The van der Waals surface area contributed by atoms with Gasteiger partial charge in [0.15, 0.2) is 17.3 Å². The van der Waals surface area contributed by atoms with Crippen molar-refractivity contribution in [2.45, 2.75) is 125 Å². The fourth-order valence-corrected chi connectivity index (χ4v) is 1.67. The topological polar surface area (TPSA) is 112 Å². The molecule has 234 valence electrons. The van der Waals surface area contributed by atoms with Gasteiger partial charge in [-0.1, -0.05) is 125 Å². The predicted molar refractivity (Wildman–Crippen MR) is 164 cm³/mol. The molecule has 3 N–H and O–H groups in total. The molecular weight excluding hydrogens is 643 g/mol. The normalized spacial score (nSPS) is 14.1. The molecule has 0 spiro atoms. The molecule has 0 fully saturated rings. The van der Waals surface area contributed by atoms with Crippen LogP contribution in [0.5, 0.6) is 0 Å². The SMILES string of the molecule is CC(C)(C)C(=O)/C=C(/O)C(C)(C)C.CC(C)(C)C(=O)/C=C(/O)C(C)(C)C.CC(C)(C)C(=O)/C=C(\O)C(C)(C)C.[Sm]. The van der Waals surface area contributed by atoms with E-state index in [1.807, 2.05) is 125 Å². The van der Waals surface area contributed by atoms with Gasteiger partial charge >= 0.3 is 0 Å². The summed E-state index contributed by atoms with van der Waals surface area (Å²) in [5, 5.41) is 28.7. The van der Waals surface area contributed by atoms with Crippen molar-refractivity contribution in [1.82, 2.24) is 0 Å². The first kappa shape index (κ1) is 45.9. The minimum absolute atomic E-state index is 0. The number of hydrogen-bond acceptors (Lipinski definition) is 6. The van der Waals surface area contributed by atoms with Crippen LogP contribution in [0, 0.1) is 72.9 Å². The second-order valence-electron chi connectivity index (χ2n) is 16.2. The summed E-state index contributed by atoms with van der Waals surface area (Å²) in [4.78, 5) is 34.5. The number of aliphatic hydroxyl groups is 3. The Morgan fingerprint density at radius 3 is 0.550 bits per heavy atom. The standard InChI is InChI=1S/3C11H20O2.Sm/c3*1-10(2,3)8(12)7-9(13)11(4,5)6;/h3*7,12H,1-6H3;/b2*8-7+;8-7-;. The Morgan fingerprint density at radius 1 is 0.350 bits per heavy atom. The average molecular weight is 703 g/mol. The number of hydrogen-bond donors (Lipinski definition) is 3. The van der Waals surface area contributed by atoms with E-state index in [0.717, 1.165) is 0 Å². The van der Waals surface area contributed by atoms with Crippen molar-refractivity contribution in [3.63, 3.8) is 0 Å². The first-order valence-electron chi connectivity index (χ1n) is 13.5. The maximum absolute atomic E-state index is 11.5. The summed E-state index contributed by atoms with van der Waals surface area (Å²) in [5.74, 6) is 0.312. The molecule has 0 heterocycles. The summed E-state index contributed by atoms with van der Waals surface area (Å²) in [5.41, 5.74) is -2.29. The molecule has 0 aromatic rings. The zero-order chi connectivity index (χ0) is 32.6. The van der Waals surface area contributed by atoms with Gasteiger partial charge in [0.1, 0.15) is 17.3 Å². The van der Waals surface area contributed by atoms with Crippen LogP contribution in [0.4, 0.5) is 0 Å². The van der Waals surface area contributed by atoms with Crippen molar-refractivity contribution in [1.29, 1.82) is 0 Å². The molecule has 7 heteroatoms. The number of carbonyl (C=O) groups excluding carboxylic acids is 3. The Bertz CT molecular complexity index is 801. The Hall–Kier alpha value is -1.03. The maximum atomic E-state index is 11.5. The second kappa shape index (κ2) is 16.6. The van der Waals surface area contributed by atoms with Gasteiger partial charge in [-0.25, -0.2) is 0 Å². The van der Waals surface area contributed by atoms with Crippen molar-refractivity contribution in [3.8, 4) is 0 Å². The van der Waals surface area contributed by atoms with Gasteiger partial charge in [0, 0.05) is 91.1 Å². The molecular formula is C33H60O6Sm. The Labute approximate surface area is 278 Å². The predicted octanol–water partition coefficient (Wildman–Crippen LogP) is 9.27. The molecule has 0 aromatic carbocycles. The fraction of sp³-hybridized carbons (Fsp3) is 0.727. The Kier molecular flexibility index (Phi) is 19.0. The average Bonchev–Trinajstić information content (AvgIpc) is 2.64. The molecule has 0 rings (SSSR count). The third-order valence-corrected chi connectivity index (χ3v) is 5.33. The molecule has 0 aromatic heterocycles. The molecule has 0 atom stereocenters. The Balaban J connectivity index is -0.000000240. The van der Waals surface area contributed by atoms with E-state index in [4.69, 9.17) is 0 Å². The van der Waals surface area contributed by atoms with Crippen LogP contribution in [0.2, 0.25) is 0 Å². The number of rotatable bonds is 3. The van der Waals surface area contributed by atoms with Crippen molar-refractivity contribution >= 4 is 17.3 Å². The van der Waals surface area contributed by atoms with Crippen LogP contribution in [-0.2, 0) is 14.4 Å². The van der Waals surface area contributed by atoms with Crippen LogP contribution in [0.25, 0.3) is 0 Å². The van der Waals surface area contributed by atoms with E-state index in [9.17, 15) is 29.7 Å². The third kappa shape index (κ3) is 21.7. The molecule has 40 heavy (non-hydrogen) atoms. The van der Waals surface area contributed by atoms with Crippen LogP contribution in [0.1, 0.15) is 125 Å². The number of aliphatic hydroxyl groups excluding tert-OH is 3.